The number of carbonyl (C=O) groups is 1. The zero-order valence-electron chi connectivity index (χ0n) is 9.80. The van der Waals surface area contributed by atoms with E-state index in [0.717, 1.165) is 12.8 Å². The van der Waals surface area contributed by atoms with E-state index in [9.17, 15) is 4.79 Å². The van der Waals surface area contributed by atoms with Crippen LogP contribution in [0.15, 0.2) is 12.1 Å². The quantitative estimate of drug-likeness (QED) is 0.635. The summed E-state index contributed by atoms with van der Waals surface area (Å²) in [4.78, 5) is 15.6. The second kappa shape index (κ2) is 7.51. The maximum absolute atomic E-state index is 11.7. The Morgan fingerprint density at radius 1 is 1.29 bits per heavy atom. The predicted octanol–water partition coefficient (Wildman–Crippen LogP) is 3.70. The number of nitrogens with one attached hydrogen (secondary N) is 1. The molecule has 1 N–H and O–H groups in total. The van der Waals surface area contributed by atoms with E-state index in [1.54, 1.807) is 12.1 Å². The van der Waals surface area contributed by atoms with Gasteiger partial charge in [0, 0.05) is 6.54 Å². The molecule has 1 aromatic rings. The molecule has 5 heteroatoms. The fraction of sp³-hybridized carbons (Fsp3) is 0.500. The summed E-state index contributed by atoms with van der Waals surface area (Å²) in [5, 5.41) is 3.37. The van der Waals surface area contributed by atoms with Crippen LogP contribution in [0.5, 0.6) is 0 Å². The first-order chi connectivity index (χ1) is 8.15. The molecule has 3 nitrogen and oxygen atoms in total. The molecule has 0 saturated heterocycles. The van der Waals surface area contributed by atoms with Gasteiger partial charge in [0.25, 0.3) is 5.91 Å². The van der Waals surface area contributed by atoms with Crippen molar-refractivity contribution in [3.05, 3.63) is 28.0 Å². The van der Waals surface area contributed by atoms with Gasteiger partial charge in [0.15, 0.2) is 0 Å². The molecule has 1 rings (SSSR count). The van der Waals surface area contributed by atoms with Gasteiger partial charge in [-0.25, -0.2) is 4.98 Å². The van der Waals surface area contributed by atoms with Crippen molar-refractivity contribution in [1.29, 1.82) is 0 Å². The minimum atomic E-state index is -0.269. The van der Waals surface area contributed by atoms with Crippen LogP contribution in [0.3, 0.4) is 0 Å². The minimum Gasteiger partial charge on any atom is -0.351 e. The lowest BCUT2D eigenvalue weighted by atomic mass is 10.2. The normalized spacial score (nSPS) is 10.3. The van der Waals surface area contributed by atoms with Crippen molar-refractivity contribution in [2.24, 2.45) is 0 Å². The summed E-state index contributed by atoms with van der Waals surface area (Å²) < 4.78 is 0. The first kappa shape index (κ1) is 14.3. The van der Waals surface area contributed by atoms with Gasteiger partial charge in [-0.2, -0.15) is 0 Å². The molecule has 0 aromatic carbocycles. The van der Waals surface area contributed by atoms with Crippen LogP contribution < -0.4 is 5.32 Å². The monoisotopic (exact) mass is 274 g/mol. The number of aromatic nitrogens is 1. The molecular formula is C12H16Cl2N2O. The van der Waals surface area contributed by atoms with Crippen molar-refractivity contribution >= 4 is 29.1 Å². The Bertz CT molecular complexity index is 383. The Morgan fingerprint density at radius 3 is 2.76 bits per heavy atom. The van der Waals surface area contributed by atoms with Crippen LogP contribution in [0.25, 0.3) is 0 Å². The van der Waals surface area contributed by atoms with Crippen molar-refractivity contribution in [1.82, 2.24) is 10.3 Å². The maximum atomic E-state index is 11.7. The summed E-state index contributed by atoms with van der Waals surface area (Å²) >= 11 is 11.6. The highest BCUT2D eigenvalue weighted by Gasteiger charge is 2.11. The molecule has 0 aliphatic rings. The highest BCUT2D eigenvalue weighted by atomic mass is 35.5. The molecule has 0 unspecified atom stereocenters. The fourth-order valence-corrected chi connectivity index (χ4v) is 1.75. The third kappa shape index (κ3) is 4.92. The standard InChI is InChI=1S/C12H16Cl2N2O/c1-2-3-4-5-8-15-12(17)11-9(13)6-7-10(14)16-11/h6-7H,2-5,8H2,1H3,(H,15,17). The SMILES string of the molecule is CCCCCCNC(=O)c1nc(Cl)ccc1Cl. The first-order valence-electron chi connectivity index (χ1n) is 5.75. The van der Waals surface area contributed by atoms with E-state index in [2.05, 4.69) is 17.2 Å². The van der Waals surface area contributed by atoms with Gasteiger partial charge in [-0.3, -0.25) is 4.79 Å². The van der Waals surface area contributed by atoms with Gasteiger partial charge in [-0.1, -0.05) is 49.4 Å². The van der Waals surface area contributed by atoms with Crippen LogP contribution in [0, 0.1) is 0 Å². The lowest BCUT2D eigenvalue weighted by Crippen LogP contribution is -2.25. The van der Waals surface area contributed by atoms with Crippen LogP contribution in [0.4, 0.5) is 0 Å². The number of pyridine rings is 1. The van der Waals surface area contributed by atoms with Crippen LogP contribution in [-0.4, -0.2) is 17.4 Å². The molecule has 0 fully saturated rings. The van der Waals surface area contributed by atoms with E-state index in [-0.39, 0.29) is 16.8 Å². The van der Waals surface area contributed by atoms with Crippen molar-refractivity contribution in [3.63, 3.8) is 0 Å². The number of hydrogen-bond acceptors (Lipinski definition) is 2. The van der Waals surface area contributed by atoms with Gasteiger partial charge in [0.1, 0.15) is 10.8 Å². The molecule has 0 radical (unpaired) electrons. The molecule has 0 spiro atoms. The third-order valence-corrected chi connectivity index (χ3v) is 2.86. The third-order valence-electron chi connectivity index (χ3n) is 2.34. The number of hydrogen-bond donors (Lipinski definition) is 1. The Morgan fingerprint density at radius 2 is 2.06 bits per heavy atom. The molecule has 0 aliphatic heterocycles. The van der Waals surface area contributed by atoms with Crippen LogP contribution >= 0.6 is 23.2 Å². The van der Waals surface area contributed by atoms with E-state index in [1.807, 2.05) is 0 Å². The van der Waals surface area contributed by atoms with E-state index in [1.165, 1.54) is 12.8 Å². The number of halogens is 2. The highest BCUT2D eigenvalue weighted by Crippen LogP contribution is 2.16. The predicted molar refractivity (Wildman–Crippen MR) is 70.7 cm³/mol. The van der Waals surface area contributed by atoms with E-state index in [0.29, 0.717) is 11.6 Å². The summed E-state index contributed by atoms with van der Waals surface area (Å²) in [5.41, 5.74) is 0.189. The number of carbonyl (C=O) groups excluding carboxylic acids is 1. The van der Waals surface area contributed by atoms with Crippen molar-refractivity contribution in [2.45, 2.75) is 32.6 Å². The Labute approximate surface area is 112 Å². The molecule has 0 saturated carbocycles. The largest absolute Gasteiger partial charge is 0.351 e. The van der Waals surface area contributed by atoms with Crippen molar-refractivity contribution in [2.75, 3.05) is 6.54 Å². The second-order valence-electron chi connectivity index (χ2n) is 3.78. The van der Waals surface area contributed by atoms with Crippen molar-refractivity contribution < 1.29 is 4.79 Å². The molecule has 1 aromatic heterocycles. The van der Waals surface area contributed by atoms with E-state index < -0.39 is 0 Å². The number of amides is 1. The first-order valence-corrected chi connectivity index (χ1v) is 6.51. The highest BCUT2D eigenvalue weighted by molar-refractivity contribution is 6.34. The smallest absolute Gasteiger partial charge is 0.271 e. The molecule has 94 valence electrons. The molecule has 0 atom stereocenters. The van der Waals surface area contributed by atoms with Crippen LogP contribution in [0.1, 0.15) is 43.1 Å². The van der Waals surface area contributed by atoms with Gasteiger partial charge in [-0.15, -0.1) is 0 Å². The number of nitrogens with zero attached hydrogens (tertiary/aromatic N) is 1. The minimum absolute atomic E-state index is 0.189. The van der Waals surface area contributed by atoms with Gasteiger partial charge in [0.2, 0.25) is 0 Å². The average molecular weight is 275 g/mol. The Hall–Kier alpha value is -0.800. The van der Waals surface area contributed by atoms with Gasteiger partial charge >= 0.3 is 0 Å². The summed E-state index contributed by atoms with van der Waals surface area (Å²) in [6.45, 7) is 2.79. The molecular weight excluding hydrogens is 259 g/mol. The number of unbranched alkanes of at least 4 members (excludes halogenated alkanes) is 3. The van der Waals surface area contributed by atoms with Gasteiger partial charge in [0.05, 0.1) is 5.02 Å². The molecule has 0 aliphatic carbocycles. The maximum Gasteiger partial charge on any atom is 0.271 e. The van der Waals surface area contributed by atoms with E-state index in [4.69, 9.17) is 23.2 Å². The number of rotatable bonds is 6. The Balaban J connectivity index is 2.44. The molecule has 1 amide bonds. The second-order valence-corrected chi connectivity index (χ2v) is 4.58. The fourth-order valence-electron chi connectivity index (χ4n) is 1.41. The Kier molecular flexibility index (Phi) is 6.30. The molecule has 1 heterocycles. The molecule has 0 bridgehead atoms. The van der Waals surface area contributed by atoms with E-state index >= 15 is 0 Å². The molecule has 17 heavy (non-hydrogen) atoms. The summed E-state index contributed by atoms with van der Waals surface area (Å²) in [7, 11) is 0. The zero-order chi connectivity index (χ0) is 12.7. The van der Waals surface area contributed by atoms with Gasteiger partial charge < -0.3 is 5.32 Å². The zero-order valence-corrected chi connectivity index (χ0v) is 11.3. The topological polar surface area (TPSA) is 42.0 Å². The summed E-state index contributed by atoms with van der Waals surface area (Å²) in [6.07, 6.45) is 4.45. The van der Waals surface area contributed by atoms with Gasteiger partial charge in [-0.05, 0) is 18.6 Å². The van der Waals surface area contributed by atoms with Crippen molar-refractivity contribution in [3.8, 4) is 0 Å². The lowest BCUT2D eigenvalue weighted by Gasteiger charge is -2.06. The van der Waals surface area contributed by atoms with Crippen LogP contribution in [0.2, 0.25) is 10.2 Å². The summed E-state index contributed by atoms with van der Waals surface area (Å²) in [6, 6.07) is 3.13. The summed E-state index contributed by atoms with van der Waals surface area (Å²) in [5.74, 6) is -0.269. The van der Waals surface area contributed by atoms with Crippen LogP contribution in [-0.2, 0) is 0 Å². The average Bonchev–Trinajstić information content (AvgIpc) is 2.32. The lowest BCUT2D eigenvalue weighted by molar-refractivity contribution is 0.0948.